The van der Waals surface area contributed by atoms with Crippen LogP contribution in [-0.2, 0) is 35.9 Å². The van der Waals surface area contributed by atoms with Crippen molar-refractivity contribution >= 4 is 15.5 Å². The fraction of sp³-hybridized carbons (Fsp3) is 0.200. The average molecular weight is 506 g/mol. The van der Waals surface area contributed by atoms with Gasteiger partial charge in [-0.05, 0) is 0 Å². The topological polar surface area (TPSA) is 9.23 Å². The molecule has 168 valence electrons. The molecule has 0 fully saturated rings. The molecule has 0 radical (unpaired) electrons. The summed E-state index contributed by atoms with van der Waals surface area (Å²) in [6, 6.07) is 44.4. The Morgan fingerprint density at radius 3 is 0.970 bits per heavy atom. The summed E-state index contributed by atoms with van der Waals surface area (Å²) in [6.45, 7) is 9.56. The van der Waals surface area contributed by atoms with E-state index in [1.54, 1.807) is 0 Å². The van der Waals surface area contributed by atoms with Crippen LogP contribution in [0.5, 0.6) is 0 Å². The van der Waals surface area contributed by atoms with Gasteiger partial charge in [-0.3, -0.25) is 0 Å². The van der Waals surface area contributed by atoms with E-state index in [1.165, 1.54) is 15.5 Å². The monoisotopic (exact) mass is 506 g/mol. The molecular weight excluding hydrogens is 472 g/mol. The van der Waals surface area contributed by atoms with Crippen LogP contribution in [0.15, 0.2) is 121 Å². The van der Waals surface area contributed by atoms with Gasteiger partial charge in [-0.2, -0.15) is 0 Å². The SMILES string of the molecule is C[CH](C)[Ti]([O][Ti]([c]1ccccc1)([c]1ccccc1)[c]1ccccc1)([c]1ccccc1)[CH](C)C. The third-order valence-electron chi connectivity index (χ3n) is 6.80. The second-order valence-corrected chi connectivity index (χ2v) is 22.8. The van der Waals surface area contributed by atoms with Crippen molar-refractivity contribution in [1.82, 2.24) is 0 Å². The van der Waals surface area contributed by atoms with E-state index in [0.29, 0.717) is 8.45 Å². The maximum atomic E-state index is 8.07. The first-order chi connectivity index (χ1) is 16.0. The second kappa shape index (κ2) is 10.7. The van der Waals surface area contributed by atoms with Crippen molar-refractivity contribution in [2.75, 3.05) is 0 Å². The van der Waals surface area contributed by atoms with Gasteiger partial charge in [0.15, 0.2) is 0 Å². The standard InChI is InChI=1S/4C6H5.2C3H7.O.2Ti/c4*1-2-4-6-5-3-1;2*1-3-2;;;/h4*1-5H;2*3H,1-2H3;;;. The molecule has 4 rings (SSSR count). The second-order valence-electron chi connectivity index (χ2n) is 9.35. The van der Waals surface area contributed by atoms with Crippen LogP contribution in [0, 0.1) is 0 Å². The molecule has 0 aliphatic rings. The van der Waals surface area contributed by atoms with Gasteiger partial charge in [0.1, 0.15) is 0 Å². The minimum absolute atomic E-state index is 0.480. The first kappa shape index (κ1) is 24.4. The molecular formula is C30H34OTi2. The van der Waals surface area contributed by atoms with Crippen LogP contribution in [0.3, 0.4) is 0 Å². The quantitative estimate of drug-likeness (QED) is 0.263. The molecule has 4 aromatic carbocycles. The molecule has 0 amide bonds. The molecule has 0 bridgehead atoms. The Balaban J connectivity index is 2.08. The summed E-state index contributed by atoms with van der Waals surface area (Å²) in [6.07, 6.45) is 0. The van der Waals surface area contributed by atoms with Crippen molar-refractivity contribution in [2.24, 2.45) is 0 Å². The Hall–Kier alpha value is -1.73. The molecule has 0 saturated carbocycles. The van der Waals surface area contributed by atoms with Crippen molar-refractivity contribution in [3.63, 3.8) is 0 Å². The molecule has 33 heavy (non-hydrogen) atoms. The summed E-state index contributed by atoms with van der Waals surface area (Å²) in [5, 5.41) is 0. The van der Waals surface area contributed by atoms with Gasteiger partial charge in [0.2, 0.25) is 0 Å². The van der Waals surface area contributed by atoms with Crippen molar-refractivity contribution in [1.29, 1.82) is 0 Å². The van der Waals surface area contributed by atoms with Crippen LogP contribution in [0.4, 0.5) is 0 Å². The Morgan fingerprint density at radius 1 is 0.424 bits per heavy atom. The van der Waals surface area contributed by atoms with Crippen LogP contribution in [0.1, 0.15) is 27.7 Å². The number of rotatable bonds is 8. The maximum absolute atomic E-state index is 8.07. The molecule has 0 saturated heterocycles. The average Bonchev–Trinajstić information content (AvgIpc) is 2.87. The van der Waals surface area contributed by atoms with Gasteiger partial charge in [-0.1, -0.05) is 0 Å². The number of hydrogen-bond acceptors (Lipinski definition) is 1. The van der Waals surface area contributed by atoms with E-state index in [4.69, 9.17) is 1.90 Å². The van der Waals surface area contributed by atoms with Crippen molar-refractivity contribution in [3.05, 3.63) is 121 Å². The van der Waals surface area contributed by atoms with Gasteiger partial charge in [-0.25, -0.2) is 0 Å². The molecule has 0 N–H and O–H groups in total. The van der Waals surface area contributed by atoms with E-state index in [-0.39, 0.29) is 0 Å². The summed E-state index contributed by atoms with van der Waals surface area (Å²) < 4.78 is 14.6. The van der Waals surface area contributed by atoms with Gasteiger partial charge in [0, 0.05) is 0 Å². The molecule has 4 aromatic rings. The van der Waals surface area contributed by atoms with Crippen LogP contribution in [0.2, 0.25) is 8.45 Å². The molecule has 1 nitrogen and oxygen atoms in total. The van der Waals surface area contributed by atoms with Gasteiger partial charge < -0.3 is 0 Å². The predicted molar refractivity (Wildman–Crippen MR) is 136 cm³/mol. The van der Waals surface area contributed by atoms with E-state index < -0.39 is 34.0 Å². The van der Waals surface area contributed by atoms with E-state index in [2.05, 4.69) is 149 Å². The molecule has 0 aliphatic carbocycles. The fourth-order valence-electron chi connectivity index (χ4n) is 5.28. The van der Waals surface area contributed by atoms with Crippen LogP contribution >= 0.6 is 0 Å². The van der Waals surface area contributed by atoms with Gasteiger partial charge >= 0.3 is 209 Å². The molecule has 3 heteroatoms. The summed E-state index contributed by atoms with van der Waals surface area (Å²) >= 11 is -6.64. The number of hydrogen-bond donors (Lipinski definition) is 0. The van der Waals surface area contributed by atoms with Crippen LogP contribution in [-0.4, -0.2) is 0 Å². The zero-order valence-corrected chi connectivity index (χ0v) is 23.2. The molecule has 0 aliphatic heterocycles. The minimum atomic E-state index is -3.52. The van der Waals surface area contributed by atoms with Crippen LogP contribution < -0.4 is 15.5 Å². The molecule has 0 heterocycles. The molecule has 0 unspecified atom stereocenters. The van der Waals surface area contributed by atoms with Gasteiger partial charge in [-0.15, -0.1) is 0 Å². The van der Waals surface area contributed by atoms with E-state index in [9.17, 15) is 0 Å². The van der Waals surface area contributed by atoms with Gasteiger partial charge in [0.05, 0.1) is 0 Å². The van der Waals surface area contributed by atoms with Crippen molar-refractivity contribution in [2.45, 2.75) is 36.1 Å². The summed E-state index contributed by atoms with van der Waals surface area (Å²) in [5.74, 6) is 0. The summed E-state index contributed by atoms with van der Waals surface area (Å²) in [7, 11) is 0. The van der Waals surface area contributed by atoms with Crippen LogP contribution in [0.25, 0.3) is 0 Å². The molecule has 0 atom stereocenters. The predicted octanol–water partition coefficient (Wildman–Crippen LogP) is 6.10. The number of benzene rings is 4. The Bertz CT molecular complexity index is 1020. The van der Waals surface area contributed by atoms with E-state index in [0.717, 1.165) is 0 Å². The zero-order chi connectivity index (χ0) is 23.3. The normalized spacial score (nSPS) is 12.3. The molecule has 0 spiro atoms. The Labute approximate surface area is 207 Å². The van der Waals surface area contributed by atoms with E-state index in [1.807, 2.05) is 0 Å². The third kappa shape index (κ3) is 4.63. The Kier molecular flexibility index (Phi) is 7.90. The van der Waals surface area contributed by atoms with Crippen molar-refractivity contribution < 1.29 is 35.9 Å². The summed E-state index contributed by atoms with van der Waals surface area (Å²) in [4.78, 5) is 0. The third-order valence-corrected chi connectivity index (χ3v) is 24.6. The first-order valence-electron chi connectivity index (χ1n) is 11.9. The zero-order valence-electron chi connectivity index (χ0n) is 20.1. The molecule has 0 aromatic heterocycles. The van der Waals surface area contributed by atoms with E-state index >= 15 is 0 Å². The van der Waals surface area contributed by atoms with Crippen molar-refractivity contribution in [3.8, 4) is 0 Å². The first-order valence-corrected chi connectivity index (χ1v) is 18.1. The van der Waals surface area contributed by atoms with Gasteiger partial charge in [0.25, 0.3) is 0 Å². The summed E-state index contributed by atoms with van der Waals surface area (Å²) in [5.41, 5.74) is 0. The Morgan fingerprint density at radius 2 is 0.697 bits per heavy atom. The fourth-order valence-corrected chi connectivity index (χ4v) is 26.8.